The van der Waals surface area contributed by atoms with Gasteiger partial charge in [-0.25, -0.2) is 0 Å². The van der Waals surface area contributed by atoms with Crippen LogP contribution in [-0.4, -0.2) is 6.04 Å². The zero-order valence-corrected chi connectivity index (χ0v) is 12.5. The summed E-state index contributed by atoms with van der Waals surface area (Å²) >= 11 is 0. The quantitative estimate of drug-likeness (QED) is 0.876. The average Bonchev–Trinajstić information content (AvgIpc) is 2.96. The minimum atomic E-state index is 0. The van der Waals surface area contributed by atoms with Crippen LogP contribution in [0.4, 0.5) is 0 Å². The first kappa shape index (κ1) is 15.1. The van der Waals surface area contributed by atoms with Gasteiger partial charge in [-0.2, -0.15) is 0 Å². The highest BCUT2D eigenvalue weighted by Crippen LogP contribution is 2.22. The van der Waals surface area contributed by atoms with Gasteiger partial charge in [0.05, 0.1) is 6.54 Å². The second-order valence-corrected chi connectivity index (χ2v) is 5.35. The van der Waals surface area contributed by atoms with E-state index in [0.717, 1.165) is 23.6 Å². The Hall–Kier alpha value is -1.25. The van der Waals surface area contributed by atoms with Gasteiger partial charge in [-0.05, 0) is 25.0 Å². The van der Waals surface area contributed by atoms with E-state index in [-0.39, 0.29) is 12.4 Å². The van der Waals surface area contributed by atoms with Crippen LogP contribution in [0.1, 0.15) is 37.9 Å². The van der Waals surface area contributed by atoms with Crippen molar-refractivity contribution in [2.24, 2.45) is 0 Å². The summed E-state index contributed by atoms with van der Waals surface area (Å²) in [5, 5.41) is 3.61. The molecule has 0 radical (unpaired) electrons. The van der Waals surface area contributed by atoms with E-state index >= 15 is 0 Å². The monoisotopic (exact) mass is 291 g/mol. The molecule has 1 saturated carbocycles. The van der Waals surface area contributed by atoms with Gasteiger partial charge >= 0.3 is 0 Å². The van der Waals surface area contributed by atoms with Crippen molar-refractivity contribution in [2.75, 3.05) is 0 Å². The first-order chi connectivity index (χ1) is 9.42. The second-order valence-electron chi connectivity index (χ2n) is 5.35. The normalized spacial score (nSPS) is 15.8. The van der Waals surface area contributed by atoms with Gasteiger partial charge in [-0.3, -0.25) is 0 Å². The Bertz CT molecular complexity index is 503. The van der Waals surface area contributed by atoms with E-state index in [1.165, 1.54) is 32.1 Å². The molecular formula is C17H22ClNO. The number of hydrogen-bond donors (Lipinski definition) is 1. The number of furan rings is 1. The zero-order valence-electron chi connectivity index (χ0n) is 11.7. The molecule has 3 rings (SSSR count). The molecule has 0 amide bonds. The fraction of sp³-hybridized carbons (Fsp3) is 0.412. The van der Waals surface area contributed by atoms with Crippen LogP contribution in [-0.2, 0) is 6.54 Å². The van der Waals surface area contributed by atoms with Gasteiger partial charge in [-0.1, -0.05) is 49.6 Å². The van der Waals surface area contributed by atoms with Gasteiger partial charge in [0.2, 0.25) is 0 Å². The Labute approximate surface area is 127 Å². The Kier molecular flexibility index (Phi) is 5.69. The van der Waals surface area contributed by atoms with Crippen LogP contribution in [0.15, 0.2) is 46.9 Å². The van der Waals surface area contributed by atoms with Crippen LogP contribution < -0.4 is 5.32 Å². The highest BCUT2D eigenvalue weighted by Gasteiger charge is 2.13. The lowest BCUT2D eigenvalue weighted by Crippen LogP contribution is -2.30. The van der Waals surface area contributed by atoms with E-state index in [0.29, 0.717) is 6.04 Å². The molecule has 20 heavy (non-hydrogen) atoms. The van der Waals surface area contributed by atoms with E-state index in [4.69, 9.17) is 4.42 Å². The molecular weight excluding hydrogens is 270 g/mol. The van der Waals surface area contributed by atoms with E-state index in [2.05, 4.69) is 29.6 Å². The van der Waals surface area contributed by atoms with Crippen molar-refractivity contribution in [3.63, 3.8) is 0 Å². The molecule has 1 aliphatic rings. The topological polar surface area (TPSA) is 25.2 Å². The maximum atomic E-state index is 5.90. The Balaban J connectivity index is 0.00000147. The molecule has 108 valence electrons. The highest BCUT2D eigenvalue weighted by atomic mass is 35.5. The van der Waals surface area contributed by atoms with Crippen molar-refractivity contribution in [3.8, 4) is 11.3 Å². The lowest BCUT2D eigenvalue weighted by atomic mass is 9.95. The summed E-state index contributed by atoms with van der Waals surface area (Å²) in [5.74, 6) is 1.99. The van der Waals surface area contributed by atoms with E-state index in [9.17, 15) is 0 Å². The smallest absolute Gasteiger partial charge is 0.134 e. The van der Waals surface area contributed by atoms with E-state index in [1.807, 2.05) is 18.2 Å². The summed E-state index contributed by atoms with van der Waals surface area (Å²) in [6.45, 7) is 0.845. The summed E-state index contributed by atoms with van der Waals surface area (Å²) in [6, 6.07) is 15.1. The Morgan fingerprint density at radius 2 is 1.70 bits per heavy atom. The standard InChI is InChI=1S/C17H21NO.ClH/c1-3-7-14(8-4-1)17-12-11-16(19-17)13-18-15-9-5-2-6-10-15;/h1,3-4,7-8,11-12,15,18H,2,5-6,9-10,13H2;1H. The Morgan fingerprint density at radius 1 is 0.950 bits per heavy atom. The fourth-order valence-corrected chi connectivity index (χ4v) is 2.78. The van der Waals surface area contributed by atoms with Crippen molar-refractivity contribution in [1.82, 2.24) is 5.32 Å². The molecule has 1 fully saturated rings. The number of nitrogens with one attached hydrogen (secondary N) is 1. The predicted molar refractivity (Wildman–Crippen MR) is 85.1 cm³/mol. The van der Waals surface area contributed by atoms with Crippen LogP contribution in [0.3, 0.4) is 0 Å². The van der Waals surface area contributed by atoms with Crippen LogP contribution in [0, 0.1) is 0 Å². The zero-order chi connectivity index (χ0) is 12.9. The predicted octanol–water partition coefficient (Wildman–Crippen LogP) is 4.79. The van der Waals surface area contributed by atoms with Gasteiger partial charge < -0.3 is 9.73 Å². The van der Waals surface area contributed by atoms with Crippen molar-refractivity contribution < 1.29 is 4.42 Å². The molecule has 0 spiro atoms. The minimum Gasteiger partial charge on any atom is -0.460 e. The maximum Gasteiger partial charge on any atom is 0.134 e. The molecule has 1 N–H and O–H groups in total. The molecule has 0 unspecified atom stereocenters. The largest absolute Gasteiger partial charge is 0.460 e. The molecule has 2 nitrogen and oxygen atoms in total. The molecule has 3 heteroatoms. The number of benzene rings is 1. The number of rotatable bonds is 4. The van der Waals surface area contributed by atoms with Crippen LogP contribution >= 0.6 is 12.4 Å². The molecule has 0 atom stereocenters. The fourth-order valence-electron chi connectivity index (χ4n) is 2.78. The molecule has 0 aliphatic heterocycles. The van der Waals surface area contributed by atoms with Crippen molar-refractivity contribution in [2.45, 2.75) is 44.7 Å². The minimum absolute atomic E-state index is 0. The van der Waals surface area contributed by atoms with Crippen molar-refractivity contribution in [3.05, 3.63) is 48.2 Å². The molecule has 1 aromatic heterocycles. The van der Waals surface area contributed by atoms with Gasteiger partial charge in [0.15, 0.2) is 0 Å². The molecule has 1 aromatic carbocycles. The van der Waals surface area contributed by atoms with Crippen LogP contribution in [0.25, 0.3) is 11.3 Å². The average molecular weight is 292 g/mol. The lowest BCUT2D eigenvalue weighted by molar-refractivity contribution is 0.358. The number of hydrogen-bond acceptors (Lipinski definition) is 2. The summed E-state index contributed by atoms with van der Waals surface area (Å²) in [5.41, 5.74) is 1.14. The third-order valence-corrected chi connectivity index (χ3v) is 3.89. The van der Waals surface area contributed by atoms with Crippen molar-refractivity contribution >= 4 is 12.4 Å². The molecule has 2 aromatic rings. The summed E-state index contributed by atoms with van der Waals surface area (Å²) < 4.78 is 5.90. The first-order valence-electron chi connectivity index (χ1n) is 7.29. The van der Waals surface area contributed by atoms with E-state index < -0.39 is 0 Å². The Morgan fingerprint density at radius 3 is 2.45 bits per heavy atom. The highest BCUT2D eigenvalue weighted by molar-refractivity contribution is 5.85. The first-order valence-corrected chi connectivity index (χ1v) is 7.29. The van der Waals surface area contributed by atoms with Gasteiger partial charge in [0.25, 0.3) is 0 Å². The van der Waals surface area contributed by atoms with Crippen LogP contribution in [0.5, 0.6) is 0 Å². The van der Waals surface area contributed by atoms with Gasteiger partial charge in [0.1, 0.15) is 11.5 Å². The van der Waals surface area contributed by atoms with Gasteiger partial charge in [0, 0.05) is 11.6 Å². The van der Waals surface area contributed by atoms with Gasteiger partial charge in [-0.15, -0.1) is 12.4 Å². The SMILES string of the molecule is Cl.c1ccc(-c2ccc(CNC3CCCCC3)o2)cc1. The van der Waals surface area contributed by atoms with Crippen LogP contribution in [0.2, 0.25) is 0 Å². The summed E-state index contributed by atoms with van der Waals surface area (Å²) in [4.78, 5) is 0. The third kappa shape index (κ3) is 3.87. The molecule has 1 heterocycles. The summed E-state index contributed by atoms with van der Waals surface area (Å²) in [6.07, 6.45) is 6.76. The van der Waals surface area contributed by atoms with Crippen molar-refractivity contribution in [1.29, 1.82) is 0 Å². The summed E-state index contributed by atoms with van der Waals surface area (Å²) in [7, 11) is 0. The number of halogens is 1. The second kappa shape index (κ2) is 7.51. The molecule has 0 bridgehead atoms. The third-order valence-electron chi connectivity index (χ3n) is 3.89. The lowest BCUT2D eigenvalue weighted by Gasteiger charge is -2.22. The molecule has 1 aliphatic carbocycles. The molecule has 0 saturated heterocycles. The maximum absolute atomic E-state index is 5.90. The van der Waals surface area contributed by atoms with E-state index in [1.54, 1.807) is 0 Å².